The number of benzene rings is 1. The van der Waals surface area contributed by atoms with Gasteiger partial charge in [-0.1, -0.05) is 44.2 Å². The van der Waals surface area contributed by atoms with E-state index in [9.17, 15) is 9.90 Å². The normalized spacial score (nSPS) is 23.0. The van der Waals surface area contributed by atoms with Crippen LogP contribution in [0.4, 0.5) is 5.69 Å². The number of hydrogen-bond acceptors (Lipinski definition) is 4. The Morgan fingerprint density at radius 2 is 1.84 bits per heavy atom. The number of carbonyl (C=O) groups is 1. The van der Waals surface area contributed by atoms with Crippen LogP contribution in [-0.2, 0) is 4.79 Å². The first-order valence-electron chi connectivity index (χ1n) is 9.24. The van der Waals surface area contributed by atoms with E-state index in [0.717, 1.165) is 0 Å². The molecule has 0 spiro atoms. The van der Waals surface area contributed by atoms with Crippen LogP contribution < -0.4 is 4.74 Å². The molecule has 0 aliphatic heterocycles. The van der Waals surface area contributed by atoms with E-state index in [4.69, 9.17) is 4.74 Å². The Balaban J connectivity index is 1.83. The predicted octanol–water partition coefficient (Wildman–Crippen LogP) is 5.16. The molecule has 0 bridgehead atoms. The maximum absolute atomic E-state index is 12.7. The number of allylic oxidation sites excluding steroid dienone is 2. The van der Waals surface area contributed by atoms with Crippen molar-refractivity contribution in [1.82, 2.24) is 0 Å². The Labute approximate surface area is 149 Å². The molecule has 0 aromatic heterocycles. The molecule has 4 heteroatoms. The van der Waals surface area contributed by atoms with Gasteiger partial charge in [0.25, 0.3) is 0 Å². The predicted molar refractivity (Wildman–Crippen MR) is 99.7 cm³/mol. The summed E-state index contributed by atoms with van der Waals surface area (Å²) in [5.74, 6) is 1.76. The molecule has 134 valence electrons. The van der Waals surface area contributed by atoms with Crippen LogP contribution in [0.25, 0.3) is 0 Å². The van der Waals surface area contributed by atoms with Crippen LogP contribution in [0.1, 0.15) is 51.9 Å². The van der Waals surface area contributed by atoms with Crippen molar-refractivity contribution in [1.29, 1.82) is 0 Å². The van der Waals surface area contributed by atoms with E-state index >= 15 is 0 Å². The molecule has 0 radical (unpaired) electrons. The molecule has 0 saturated heterocycles. The molecule has 1 aromatic carbocycles. The van der Waals surface area contributed by atoms with Gasteiger partial charge in [-0.2, -0.15) is 0 Å². The highest BCUT2D eigenvalue weighted by atomic mass is 16.5. The molecule has 4 nitrogen and oxygen atoms in total. The Morgan fingerprint density at radius 1 is 1.12 bits per heavy atom. The summed E-state index contributed by atoms with van der Waals surface area (Å²) >= 11 is 0. The molecule has 2 aliphatic rings. The summed E-state index contributed by atoms with van der Waals surface area (Å²) in [4.78, 5) is 17.3. The van der Waals surface area contributed by atoms with Gasteiger partial charge >= 0.3 is 0 Å². The van der Waals surface area contributed by atoms with E-state index in [1.54, 1.807) is 14.0 Å². The lowest BCUT2D eigenvalue weighted by molar-refractivity contribution is -0.117. The summed E-state index contributed by atoms with van der Waals surface area (Å²) in [5, 5.41) is 10.6. The summed E-state index contributed by atoms with van der Waals surface area (Å²) in [5.41, 5.74) is 1.64. The Hall–Kier alpha value is -2.10. The zero-order valence-corrected chi connectivity index (χ0v) is 15.1. The van der Waals surface area contributed by atoms with Crippen molar-refractivity contribution in [2.45, 2.75) is 51.9 Å². The van der Waals surface area contributed by atoms with Crippen LogP contribution in [0.2, 0.25) is 0 Å². The number of hydrogen-bond donors (Lipinski definition) is 1. The Morgan fingerprint density at radius 3 is 2.52 bits per heavy atom. The van der Waals surface area contributed by atoms with Gasteiger partial charge in [0, 0.05) is 12.8 Å². The average molecular weight is 341 g/mol. The van der Waals surface area contributed by atoms with Gasteiger partial charge in [0.05, 0.1) is 18.4 Å². The number of aliphatic hydroxyl groups is 1. The summed E-state index contributed by atoms with van der Waals surface area (Å²) in [6.45, 7) is 1.79. The maximum Gasteiger partial charge on any atom is 0.168 e. The van der Waals surface area contributed by atoms with Crippen LogP contribution >= 0.6 is 0 Å². The number of ketones is 1. The smallest absolute Gasteiger partial charge is 0.168 e. The van der Waals surface area contributed by atoms with Crippen LogP contribution in [-0.4, -0.2) is 23.7 Å². The molecule has 1 saturated carbocycles. The molecule has 3 rings (SSSR count). The molecule has 2 aliphatic carbocycles. The Kier molecular flexibility index (Phi) is 5.57. The lowest BCUT2D eigenvalue weighted by atomic mass is 9.72. The second-order valence-electron chi connectivity index (χ2n) is 7.18. The minimum Gasteiger partial charge on any atom is -0.511 e. The second kappa shape index (κ2) is 7.85. The minimum atomic E-state index is 0.0236. The largest absolute Gasteiger partial charge is 0.511 e. The van der Waals surface area contributed by atoms with Crippen molar-refractivity contribution in [3.8, 4) is 5.75 Å². The van der Waals surface area contributed by atoms with Gasteiger partial charge in [-0.25, -0.2) is 4.99 Å². The molecule has 0 heterocycles. The second-order valence-corrected chi connectivity index (χ2v) is 7.18. The number of carbonyl (C=O) groups excluding carboxylic acids is 1. The molecule has 1 N–H and O–H groups in total. The standard InChI is InChI=1S/C21H27NO3/c1-14(22-17-10-6-7-11-20(17)25-2)21-18(23)12-16(13-19(21)24)15-8-4-3-5-9-15/h6-7,10-11,15-16,23H,3-5,8-9,12-13H2,1-2H3. The van der Waals surface area contributed by atoms with E-state index in [1.165, 1.54) is 32.1 Å². The monoisotopic (exact) mass is 341 g/mol. The fourth-order valence-corrected chi connectivity index (χ4v) is 4.23. The van der Waals surface area contributed by atoms with E-state index in [-0.39, 0.29) is 17.5 Å². The highest BCUT2D eigenvalue weighted by Gasteiger charge is 2.34. The minimum absolute atomic E-state index is 0.0236. The van der Waals surface area contributed by atoms with Crippen LogP contribution in [0.15, 0.2) is 40.6 Å². The first kappa shape index (κ1) is 17.7. The molecule has 1 fully saturated rings. The lowest BCUT2D eigenvalue weighted by Crippen LogP contribution is -2.28. The number of methoxy groups -OCH3 is 1. The van der Waals surface area contributed by atoms with Crippen molar-refractivity contribution >= 4 is 17.2 Å². The summed E-state index contributed by atoms with van der Waals surface area (Å²) < 4.78 is 5.31. The topological polar surface area (TPSA) is 58.9 Å². The fourth-order valence-electron chi connectivity index (χ4n) is 4.23. The molecule has 1 aromatic rings. The molecular formula is C21H27NO3. The van der Waals surface area contributed by atoms with Gasteiger partial charge in [-0.3, -0.25) is 4.79 Å². The third kappa shape index (κ3) is 3.94. The fraction of sp³-hybridized carbons (Fsp3) is 0.524. The zero-order valence-electron chi connectivity index (χ0n) is 15.1. The van der Waals surface area contributed by atoms with Gasteiger partial charge < -0.3 is 9.84 Å². The van der Waals surface area contributed by atoms with Crippen molar-refractivity contribution in [3.05, 3.63) is 35.6 Å². The summed E-state index contributed by atoms with van der Waals surface area (Å²) in [6.07, 6.45) is 7.31. The van der Waals surface area contributed by atoms with Crippen molar-refractivity contribution in [3.63, 3.8) is 0 Å². The number of rotatable bonds is 4. The van der Waals surface area contributed by atoms with Crippen molar-refractivity contribution in [2.24, 2.45) is 16.8 Å². The van der Waals surface area contributed by atoms with E-state index in [1.807, 2.05) is 24.3 Å². The average Bonchev–Trinajstić information content (AvgIpc) is 2.62. The number of Topliss-reactive ketones (excluding diaryl/α,β-unsaturated/α-hetero) is 1. The molecule has 0 amide bonds. The van der Waals surface area contributed by atoms with E-state index in [0.29, 0.717) is 41.5 Å². The van der Waals surface area contributed by atoms with Gasteiger partial charge in [0.15, 0.2) is 5.78 Å². The molecule has 25 heavy (non-hydrogen) atoms. The van der Waals surface area contributed by atoms with E-state index < -0.39 is 0 Å². The van der Waals surface area contributed by atoms with Gasteiger partial charge in [0.1, 0.15) is 17.2 Å². The quantitative estimate of drug-likeness (QED) is 0.770. The molecule has 1 unspecified atom stereocenters. The van der Waals surface area contributed by atoms with Crippen LogP contribution in [0.5, 0.6) is 5.75 Å². The summed E-state index contributed by atoms with van der Waals surface area (Å²) in [6, 6.07) is 7.44. The van der Waals surface area contributed by atoms with E-state index in [2.05, 4.69) is 4.99 Å². The first-order valence-corrected chi connectivity index (χ1v) is 9.24. The molecular weight excluding hydrogens is 314 g/mol. The summed E-state index contributed by atoms with van der Waals surface area (Å²) in [7, 11) is 1.60. The SMILES string of the molecule is COc1ccccc1N=C(C)C1=C(O)CC(C2CCCCC2)CC1=O. The van der Waals surface area contributed by atoms with Crippen molar-refractivity contribution in [2.75, 3.05) is 7.11 Å². The first-order chi connectivity index (χ1) is 12.1. The number of ether oxygens (including phenoxy) is 1. The number of aliphatic imine (C=N–C) groups is 1. The van der Waals surface area contributed by atoms with Gasteiger partial charge in [-0.05, 0) is 30.9 Å². The third-order valence-corrected chi connectivity index (χ3v) is 5.52. The highest BCUT2D eigenvalue weighted by molar-refractivity contribution is 6.22. The number of aliphatic hydroxyl groups excluding tert-OH is 1. The number of para-hydroxylation sites is 2. The third-order valence-electron chi connectivity index (χ3n) is 5.52. The van der Waals surface area contributed by atoms with Gasteiger partial charge in [-0.15, -0.1) is 0 Å². The van der Waals surface area contributed by atoms with Gasteiger partial charge in [0.2, 0.25) is 0 Å². The number of nitrogens with zero attached hydrogens (tertiary/aromatic N) is 1. The molecule has 1 atom stereocenters. The van der Waals surface area contributed by atoms with Crippen molar-refractivity contribution < 1.29 is 14.6 Å². The van der Waals surface area contributed by atoms with Crippen LogP contribution in [0, 0.1) is 11.8 Å². The van der Waals surface area contributed by atoms with Crippen LogP contribution in [0.3, 0.4) is 0 Å². The zero-order chi connectivity index (χ0) is 17.8. The maximum atomic E-state index is 12.7. The highest BCUT2D eigenvalue weighted by Crippen LogP contribution is 2.39. The Bertz CT molecular complexity index is 699. The lowest BCUT2D eigenvalue weighted by Gasteiger charge is -2.32.